The van der Waals surface area contributed by atoms with E-state index in [1.165, 1.54) is 283 Å². The van der Waals surface area contributed by atoms with Crippen LogP contribution in [-0.4, -0.2) is 47.4 Å². The first kappa shape index (κ1) is 73.1. The van der Waals surface area contributed by atoms with Crippen molar-refractivity contribution in [3.8, 4) is 0 Å². The van der Waals surface area contributed by atoms with Gasteiger partial charge in [-0.05, 0) is 83.5 Å². The molecule has 0 aliphatic rings. The molecule has 442 valence electrons. The van der Waals surface area contributed by atoms with Gasteiger partial charge in [-0.3, -0.25) is 9.59 Å². The molecular weight excluding hydrogens is 923 g/mol. The zero-order chi connectivity index (χ0) is 54.3. The smallest absolute Gasteiger partial charge is 0.305 e. The first-order valence-electron chi connectivity index (χ1n) is 33.7. The van der Waals surface area contributed by atoms with Crippen LogP contribution < -0.4 is 5.32 Å². The van der Waals surface area contributed by atoms with Crippen LogP contribution in [0.1, 0.15) is 367 Å². The van der Waals surface area contributed by atoms with Crippen LogP contribution in [0.3, 0.4) is 0 Å². The number of hydrogen-bond acceptors (Lipinski definition) is 5. The zero-order valence-corrected chi connectivity index (χ0v) is 50.5. The molecule has 1 amide bonds. The van der Waals surface area contributed by atoms with Crippen molar-refractivity contribution in [2.75, 3.05) is 13.2 Å². The fourth-order valence-electron chi connectivity index (χ4n) is 10.5. The van der Waals surface area contributed by atoms with Crippen molar-refractivity contribution in [2.24, 2.45) is 0 Å². The third-order valence-corrected chi connectivity index (χ3v) is 15.7. The van der Waals surface area contributed by atoms with Gasteiger partial charge >= 0.3 is 5.97 Å². The highest BCUT2D eigenvalue weighted by Crippen LogP contribution is 2.18. The molecule has 0 saturated carbocycles. The maximum Gasteiger partial charge on any atom is 0.305 e. The Kier molecular flexibility index (Phi) is 63.0. The molecule has 0 aliphatic carbocycles. The summed E-state index contributed by atoms with van der Waals surface area (Å²) >= 11 is 0. The Hall–Kier alpha value is -1.92. The lowest BCUT2D eigenvalue weighted by atomic mass is 10.0. The lowest BCUT2D eigenvalue weighted by molar-refractivity contribution is -0.143. The highest BCUT2D eigenvalue weighted by molar-refractivity contribution is 5.76. The molecule has 0 aromatic carbocycles. The largest absolute Gasteiger partial charge is 0.466 e. The van der Waals surface area contributed by atoms with Gasteiger partial charge in [0.25, 0.3) is 0 Å². The Bertz CT molecular complexity index is 1210. The van der Waals surface area contributed by atoms with Crippen LogP contribution in [0, 0.1) is 0 Å². The predicted molar refractivity (Wildman–Crippen MR) is 329 cm³/mol. The third-order valence-electron chi connectivity index (χ3n) is 15.7. The number of aliphatic hydroxyl groups excluding tert-OH is 2. The fourth-order valence-corrected chi connectivity index (χ4v) is 10.5. The van der Waals surface area contributed by atoms with E-state index in [9.17, 15) is 19.8 Å². The SMILES string of the molecule is CCCCCCCC/C=C\CCCCCCCCCCCC(=O)OCCCCCCCCCCC/C=C\C/C=C\CCCCCCCCCCCCCC(=O)NC(CO)C(O)CCCCCCCCCCCCCC. The van der Waals surface area contributed by atoms with E-state index in [2.05, 4.69) is 55.6 Å². The molecule has 2 atom stereocenters. The van der Waals surface area contributed by atoms with Gasteiger partial charge in [-0.25, -0.2) is 0 Å². The van der Waals surface area contributed by atoms with Crippen molar-refractivity contribution >= 4 is 11.9 Å². The van der Waals surface area contributed by atoms with Crippen molar-refractivity contribution in [1.82, 2.24) is 5.32 Å². The summed E-state index contributed by atoms with van der Waals surface area (Å²) in [5, 5.41) is 23.2. The summed E-state index contributed by atoms with van der Waals surface area (Å²) in [5.74, 6) is -0.0271. The summed E-state index contributed by atoms with van der Waals surface area (Å²) in [6.45, 7) is 4.96. The van der Waals surface area contributed by atoms with Gasteiger partial charge in [0.15, 0.2) is 0 Å². The highest BCUT2D eigenvalue weighted by atomic mass is 16.5. The van der Waals surface area contributed by atoms with E-state index in [4.69, 9.17) is 4.74 Å². The lowest BCUT2D eigenvalue weighted by Gasteiger charge is -2.22. The number of ether oxygens (including phenoxy) is 1. The van der Waals surface area contributed by atoms with Crippen LogP contribution in [0.5, 0.6) is 0 Å². The third kappa shape index (κ3) is 61.2. The van der Waals surface area contributed by atoms with Crippen molar-refractivity contribution in [1.29, 1.82) is 0 Å². The highest BCUT2D eigenvalue weighted by Gasteiger charge is 2.20. The summed E-state index contributed by atoms with van der Waals surface area (Å²) in [6.07, 6.45) is 81.8. The molecule has 3 N–H and O–H groups in total. The van der Waals surface area contributed by atoms with Crippen molar-refractivity contribution in [3.63, 3.8) is 0 Å². The first-order valence-corrected chi connectivity index (χ1v) is 33.7. The number of hydrogen-bond donors (Lipinski definition) is 3. The molecule has 0 spiro atoms. The average molecular weight is 1050 g/mol. The summed E-state index contributed by atoms with van der Waals surface area (Å²) in [7, 11) is 0. The predicted octanol–water partition coefficient (Wildman–Crippen LogP) is 21.5. The number of nitrogens with one attached hydrogen (secondary N) is 1. The molecule has 0 aromatic rings. The molecular formula is C69H131NO5. The number of esters is 1. The summed E-state index contributed by atoms with van der Waals surface area (Å²) in [4.78, 5) is 24.6. The maximum atomic E-state index is 12.5. The molecule has 0 aromatic heterocycles. The minimum Gasteiger partial charge on any atom is -0.466 e. The van der Waals surface area contributed by atoms with E-state index in [1.54, 1.807) is 0 Å². The van der Waals surface area contributed by atoms with E-state index in [0.717, 1.165) is 51.4 Å². The number of rotatable bonds is 63. The maximum absolute atomic E-state index is 12.5. The van der Waals surface area contributed by atoms with Crippen molar-refractivity contribution in [3.05, 3.63) is 36.5 Å². The van der Waals surface area contributed by atoms with Gasteiger partial charge in [-0.1, -0.05) is 307 Å². The minimum absolute atomic E-state index is 0.0105. The second-order valence-corrected chi connectivity index (χ2v) is 23.1. The molecule has 0 rings (SSSR count). The quantitative estimate of drug-likeness (QED) is 0.0320. The van der Waals surface area contributed by atoms with Gasteiger partial charge in [0.05, 0.1) is 25.4 Å². The van der Waals surface area contributed by atoms with Crippen LogP contribution in [0.25, 0.3) is 0 Å². The molecule has 2 unspecified atom stereocenters. The number of amides is 1. The van der Waals surface area contributed by atoms with Gasteiger partial charge in [0.1, 0.15) is 0 Å². The van der Waals surface area contributed by atoms with Gasteiger partial charge in [0, 0.05) is 12.8 Å². The topological polar surface area (TPSA) is 95.9 Å². The fraction of sp³-hybridized carbons (Fsp3) is 0.884. The number of carbonyl (C=O) groups is 2. The number of unbranched alkanes of at least 4 members (excludes halogenated alkanes) is 46. The molecule has 0 radical (unpaired) electrons. The van der Waals surface area contributed by atoms with Gasteiger partial charge < -0.3 is 20.3 Å². The van der Waals surface area contributed by atoms with Crippen LogP contribution in [-0.2, 0) is 14.3 Å². The molecule has 0 bridgehead atoms. The monoisotopic (exact) mass is 1050 g/mol. The lowest BCUT2D eigenvalue weighted by Crippen LogP contribution is -2.45. The number of carbonyl (C=O) groups excluding carboxylic acids is 2. The van der Waals surface area contributed by atoms with E-state index in [1.807, 2.05) is 0 Å². The summed E-state index contributed by atoms with van der Waals surface area (Å²) < 4.78 is 5.50. The summed E-state index contributed by atoms with van der Waals surface area (Å²) in [6, 6.07) is -0.543. The second kappa shape index (κ2) is 64.6. The zero-order valence-electron chi connectivity index (χ0n) is 50.5. The van der Waals surface area contributed by atoms with Gasteiger partial charge in [0.2, 0.25) is 5.91 Å². The first-order chi connectivity index (χ1) is 37.0. The molecule has 0 fully saturated rings. The molecule has 0 heterocycles. The average Bonchev–Trinajstić information content (AvgIpc) is 3.41. The summed E-state index contributed by atoms with van der Waals surface area (Å²) in [5.41, 5.74) is 0. The van der Waals surface area contributed by atoms with Crippen molar-refractivity contribution in [2.45, 2.75) is 379 Å². The Morgan fingerprint density at radius 2 is 0.667 bits per heavy atom. The van der Waals surface area contributed by atoms with Crippen LogP contribution >= 0.6 is 0 Å². The molecule has 0 saturated heterocycles. The van der Waals surface area contributed by atoms with Crippen LogP contribution in [0.15, 0.2) is 36.5 Å². The molecule has 0 aliphatic heterocycles. The Morgan fingerprint density at radius 3 is 1.03 bits per heavy atom. The van der Waals surface area contributed by atoms with Crippen LogP contribution in [0.2, 0.25) is 0 Å². The van der Waals surface area contributed by atoms with Gasteiger partial charge in [-0.15, -0.1) is 0 Å². The van der Waals surface area contributed by atoms with Gasteiger partial charge in [-0.2, -0.15) is 0 Å². The number of aliphatic hydroxyl groups is 2. The second-order valence-electron chi connectivity index (χ2n) is 23.1. The number of allylic oxidation sites excluding steroid dienone is 6. The van der Waals surface area contributed by atoms with E-state index < -0.39 is 12.1 Å². The van der Waals surface area contributed by atoms with E-state index >= 15 is 0 Å². The molecule has 75 heavy (non-hydrogen) atoms. The molecule has 6 heteroatoms. The van der Waals surface area contributed by atoms with E-state index in [0.29, 0.717) is 25.9 Å². The Labute approximate surface area is 468 Å². The minimum atomic E-state index is -0.665. The van der Waals surface area contributed by atoms with Crippen molar-refractivity contribution < 1.29 is 24.5 Å². The molecule has 6 nitrogen and oxygen atoms in total. The Morgan fingerprint density at radius 1 is 0.373 bits per heavy atom. The standard InChI is InChI=1S/C69H131NO5/c1-3-5-7-9-11-13-15-17-18-19-29-33-36-39-43-47-51-55-59-63-69(74)75-64-60-56-52-48-44-40-37-34-31-28-26-24-22-20-21-23-25-27-30-32-35-38-42-46-50-54-58-62-68(73)70-66(65-71)67(72)61-57-53-49-45-41-16-14-12-10-8-6-4-2/h17-18,20-21,24,26,66-67,71-72H,3-16,19,22-23,25,27-65H2,1-2H3,(H,70,73)/b18-17-,21-20-,26-24-. The van der Waals surface area contributed by atoms with E-state index in [-0.39, 0.29) is 18.5 Å². The normalized spacial score (nSPS) is 12.7. The van der Waals surface area contributed by atoms with Crippen LogP contribution in [0.4, 0.5) is 0 Å². The Balaban J connectivity index is 3.39.